The van der Waals surface area contributed by atoms with Gasteiger partial charge in [-0.3, -0.25) is 9.69 Å². The molecule has 1 aromatic heterocycles. The summed E-state index contributed by atoms with van der Waals surface area (Å²) >= 11 is 0. The van der Waals surface area contributed by atoms with E-state index < -0.39 is 12.2 Å². The molecule has 0 aliphatic carbocycles. The fourth-order valence-corrected chi connectivity index (χ4v) is 3.72. The molecule has 2 saturated heterocycles. The van der Waals surface area contributed by atoms with Gasteiger partial charge in [-0.1, -0.05) is 0 Å². The van der Waals surface area contributed by atoms with Crippen LogP contribution in [0.5, 0.6) is 0 Å². The minimum Gasteiger partial charge on any atom is -0.442 e. The Bertz CT molecular complexity index is 884. The lowest BCUT2D eigenvalue weighted by atomic mass is 10.0. The van der Waals surface area contributed by atoms with E-state index in [0.717, 1.165) is 12.8 Å². The summed E-state index contributed by atoms with van der Waals surface area (Å²) in [4.78, 5) is 26.5. The maximum atomic E-state index is 14.8. The topological polar surface area (TPSA) is 105 Å². The van der Waals surface area contributed by atoms with E-state index in [1.807, 2.05) is 4.90 Å². The molecule has 0 bridgehead atoms. The van der Waals surface area contributed by atoms with Gasteiger partial charge in [-0.25, -0.2) is 13.9 Å². The molecule has 3 heterocycles. The lowest BCUT2D eigenvalue weighted by Gasteiger charge is -2.33. The third kappa shape index (κ3) is 4.13. The number of amides is 2. The second kappa shape index (κ2) is 8.02. The molecule has 1 unspecified atom stereocenters. The van der Waals surface area contributed by atoms with Gasteiger partial charge in [0.25, 0.3) is 0 Å². The first-order valence-electron chi connectivity index (χ1n) is 9.51. The van der Waals surface area contributed by atoms with Crippen molar-refractivity contribution in [1.29, 1.82) is 0 Å². The fourth-order valence-electron chi connectivity index (χ4n) is 3.72. The summed E-state index contributed by atoms with van der Waals surface area (Å²) in [5, 5.41) is 13.9. The molecular formula is C18H22FN7O3. The van der Waals surface area contributed by atoms with Crippen molar-refractivity contribution >= 4 is 23.4 Å². The summed E-state index contributed by atoms with van der Waals surface area (Å²) in [6, 6.07) is 4.97. The highest BCUT2D eigenvalue weighted by molar-refractivity contribution is 5.90. The summed E-state index contributed by atoms with van der Waals surface area (Å²) in [6.07, 6.45) is 2.23. The Morgan fingerprint density at radius 3 is 2.79 bits per heavy atom. The average Bonchev–Trinajstić information content (AvgIpc) is 3.36. The van der Waals surface area contributed by atoms with Gasteiger partial charge in [0.1, 0.15) is 18.2 Å². The van der Waals surface area contributed by atoms with Crippen molar-refractivity contribution in [2.75, 3.05) is 36.0 Å². The zero-order chi connectivity index (χ0) is 20.4. The molecular weight excluding hydrogens is 381 g/mol. The number of hydrogen-bond acceptors (Lipinski definition) is 7. The van der Waals surface area contributed by atoms with Crippen molar-refractivity contribution in [3.05, 3.63) is 30.3 Å². The highest BCUT2D eigenvalue weighted by atomic mass is 19.1. The lowest BCUT2D eigenvalue weighted by molar-refractivity contribution is -0.119. The smallest absolute Gasteiger partial charge is 0.414 e. The monoisotopic (exact) mass is 403 g/mol. The SMILES string of the molecule is CC(=O)NCC1CN(c2ccc(N3CCC(n4cnnn4)CC3)c(F)c2)C(=O)O1. The van der Waals surface area contributed by atoms with Crippen LogP contribution in [-0.4, -0.2) is 64.5 Å². The molecule has 11 heteroatoms. The number of halogens is 1. The van der Waals surface area contributed by atoms with Crippen LogP contribution in [0.2, 0.25) is 0 Å². The van der Waals surface area contributed by atoms with Crippen LogP contribution < -0.4 is 15.1 Å². The molecule has 1 atom stereocenters. The van der Waals surface area contributed by atoms with Crippen molar-refractivity contribution in [1.82, 2.24) is 25.5 Å². The van der Waals surface area contributed by atoms with Crippen LogP contribution in [0.15, 0.2) is 24.5 Å². The molecule has 154 valence electrons. The van der Waals surface area contributed by atoms with Crippen LogP contribution >= 0.6 is 0 Å². The van der Waals surface area contributed by atoms with Crippen LogP contribution in [0.4, 0.5) is 20.6 Å². The Labute approximate surface area is 166 Å². The van der Waals surface area contributed by atoms with E-state index in [2.05, 4.69) is 20.8 Å². The van der Waals surface area contributed by atoms with Gasteiger partial charge >= 0.3 is 6.09 Å². The zero-order valence-electron chi connectivity index (χ0n) is 16.0. The Morgan fingerprint density at radius 2 is 2.14 bits per heavy atom. The molecule has 2 amide bonds. The molecule has 10 nitrogen and oxygen atoms in total. The Kier molecular flexibility index (Phi) is 5.28. The number of rotatable bonds is 5. The second-order valence-corrected chi connectivity index (χ2v) is 7.20. The quantitative estimate of drug-likeness (QED) is 0.797. The third-order valence-corrected chi connectivity index (χ3v) is 5.24. The molecule has 0 saturated carbocycles. The van der Waals surface area contributed by atoms with E-state index >= 15 is 0 Å². The van der Waals surface area contributed by atoms with Gasteiger partial charge in [-0.05, 0) is 41.5 Å². The number of anilines is 2. The number of hydrogen-bond donors (Lipinski definition) is 1. The molecule has 0 radical (unpaired) electrons. The van der Waals surface area contributed by atoms with Crippen LogP contribution in [0.25, 0.3) is 0 Å². The average molecular weight is 403 g/mol. The zero-order valence-corrected chi connectivity index (χ0v) is 16.0. The molecule has 1 aromatic carbocycles. The molecule has 0 spiro atoms. The van der Waals surface area contributed by atoms with E-state index in [4.69, 9.17) is 4.74 Å². The summed E-state index contributed by atoms with van der Waals surface area (Å²) in [5.74, 6) is -0.583. The first-order chi connectivity index (χ1) is 14.0. The molecule has 2 aliphatic rings. The number of benzene rings is 1. The van der Waals surface area contributed by atoms with Crippen LogP contribution in [0, 0.1) is 5.82 Å². The number of piperidine rings is 1. The third-order valence-electron chi connectivity index (χ3n) is 5.24. The summed E-state index contributed by atoms with van der Waals surface area (Å²) in [5.41, 5.74) is 0.941. The summed E-state index contributed by atoms with van der Waals surface area (Å²) < 4.78 is 21.8. The second-order valence-electron chi connectivity index (χ2n) is 7.20. The largest absolute Gasteiger partial charge is 0.442 e. The molecule has 2 aliphatic heterocycles. The highest BCUT2D eigenvalue weighted by Gasteiger charge is 2.33. The van der Waals surface area contributed by atoms with Crippen LogP contribution in [0.1, 0.15) is 25.8 Å². The van der Waals surface area contributed by atoms with E-state index in [1.54, 1.807) is 23.1 Å². The van der Waals surface area contributed by atoms with E-state index in [1.165, 1.54) is 17.9 Å². The predicted octanol–water partition coefficient (Wildman–Crippen LogP) is 1.11. The first kappa shape index (κ1) is 19.1. The van der Waals surface area contributed by atoms with E-state index in [9.17, 15) is 14.0 Å². The number of nitrogens with one attached hydrogen (secondary N) is 1. The Morgan fingerprint density at radius 1 is 1.34 bits per heavy atom. The van der Waals surface area contributed by atoms with Crippen LogP contribution in [0.3, 0.4) is 0 Å². The fraction of sp³-hybridized carbons (Fsp3) is 0.500. The number of nitrogens with zero attached hydrogens (tertiary/aromatic N) is 6. The summed E-state index contributed by atoms with van der Waals surface area (Å²) in [7, 11) is 0. The highest BCUT2D eigenvalue weighted by Crippen LogP contribution is 2.31. The van der Waals surface area contributed by atoms with Gasteiger partial charge in [-0.2, -0.15) is 0 Å². The van der Waals surface area contributed by atoms with Crippen molar-refractivity contribution < 1.29 is 18.7 Å². The number of tetrazole rings is 1. The van der Waals surface area contributed by atoms with Crippen molar-refractivity contribution in [3.63, 3.8) is 0 Å². The molecule has 2 aromatic rings. The Balaban J connectivity index is 1.39. The predicted molar refractivity (Wildman–Crippen MR) is 101 cm³/mol. The van der Waals surface area contributed by atoms with E-state index in [0.29, 0.717) is 24.5 Å². The van der Waals surface area contributed by atoms with Gasteiger partial charge in [0.15, 0.2) is 0 Å². The standard InChI is InChI=1S/C18H22FN7O3/c1-12(27)20-9-15-10-25(18(28)29-15)14-2-3-17(16(19)8-14)24-6-4-13(5-7-24)26-11-21-22-23-26/h2-3,8,11,13,15H,4-7,9-10H2,1H3,(H,20,27). The number of cyclic esters (lactones) is 1. The maximum absolute atomic E-state index is 14.8. The summed E-state index contributed by atoms with van der Waals surface area (Å²) in [6.45, 7) is 3.26. The van der Waals surface area contributed by atoms with Crippen molar-refractivity contribution in [2.45, 2.75) is 31.9 Å². The number of carbonyl (C=O) groups is 2. The van der Waals surface area contributed by atoms with Crippen molar-refractivity contribution in [2.24, 2.45) is 0 Å². The van der Waals surface area contributed by atoms with Crippen molar-refractivity contribution in [3.8, 4) is 0 Å². The van der Waals surface area contributed by atoms with Gasteiger partial charge in [0, 0.05) is 20.0 Å². The first-order valence-corrected chi connectivity index (χ1v) is 9.51. The van der Waals surface area contributed by atoms with Gasteiger partial charge in [0.05, 0.1) is 30.5 Å². The molecule has 4 rings (SSSR count). The molecule has 29 heavy (non-hydrogen) atoms. The molecule has 1 N–H and O–H groups in total. The van der Waals surface area contributed by atoms with E-state index in [-0.39, 0.29) is 30.9 Å². The van der Waals surface area contributed by atoms with Crippen LogP contribution in [-0.2, 0) is 9.53 Å². The maximum Gasteiger partial charge on any atom is 0.414 e. The Hall–Kier alpha value is -3.24. The number of carbonyl (C=O) groups excluding carboxylic acids is 2. The normalized spacial score (nSPS) is 20.1. The molecule has 2 fully saturated rings. The minimum atomic E-state index is -0.547. The lowest BCUT2D eigenvalue weighted by Crippen LogP contribution is -2.35. The van der Waals surface area contributed by atoms with Gasteiger partial charge in [-0.15, -0.1) is 5.10 Å². The van der Waals surface area contributed by atoms with Gasteiger partial charge in [0.2, 0.25) is 5.91 Å². The number of ether oxygens (including phenoxy) is 1. The minimum absolute atomic E-state index is 0.196. The number of aromatic nitrogens is 4. The van der Waals surface area contributed by atoms with Gasteiger partial charge < -0.3 is 15.0 Å².